The first-order valence-electron chi connectivity index (χ1n) is 7.67. The molecule has 0 aliphatic carbocycles. The quantitative estimate of drug-likeness (QED) is 0.869. The lowest BCUT2D eigenvalue weighted by Crippen LogP contribution is -2.37. The van der Waals surface area contributed by atoms with Gasteiger partial charge in [0.1, 0.15) is 11.5 Å². The maximum atomic E-state index is 11.8. The van der Waals surface area contributed by atoms with Crippen molar-refractivity contribution in [3.05, 3.63) is 23.7 Å². The number of piperidine rings is 1. The Bertz CT molecular complexity index is 428. The van der Waals surface area contributed by atoms with Crippen LogP contribution in [-0.4, -0.2) is 37.0 Å². The molecule has 1 saturated heterocycles. The molecule has 1 N–H and O–H groups in total. The molecule has 0 saturated carbocycles. The Morgan fingerprint density at radius 3 is 3.00 bits per heavy atom. The highest BCUT2D eigenvalue weighted by atomic mass is 16.3. The predicted octanol–water partition coefficient (Wildman–Crippen LogP) is 2.51. The fourth-order valence-corrected chi connectivity index (χ4v) is 2.84. The number of furan rings is 1. The second-order valence-electron chi connectivity index (χ2n) is 5.78. The van der Waals surface area contributed by atoms with Gasteiger partial charge in [-0.05, 0) is 51.9 Å². The van der Waals surface area contributed by atoms with Gasteiger partial charge >= 0.3 is 0 Å². The molecule has 1 amide bonds. The summed E-state index contributed by atoms with van der Waals surface area (Å²) in [5.74, 6) is 2.02. The maximum absolute atomic E-state index is 11.8. The Kier molecular flexibility index (Phi) is 5.65. The second-order valence-corrected chi connectivity index (χ2v) is 5.78. The molecule has 0 radical (unpaired) electrons. The molecule has 1 fully saturated rings. The molecule has 2 rings (SSSR count). The average Bonchev–Trinajstić information content (AvgIpc) is 2.83. The van der Waals surface area contributed by atoms with Crippen molar-refractivity contribution in [2.45, 2.75) is 51.5 Å². The first kappa shape index (κ1) is 15.1. The van der Waals surface area contributed by atoms with Gasteiger partial charge in [0.05, 0.1) is 0 Å². The van der Waals surface area contributed by atoms with E-state index < -0.39 is 0 Å². The molecule has 4 heteroatoms. The van der Waals surface area contributed by atoms with E-state index in [0.29, 0.717) is 19.0 Å². The molecule has 112 valence electrons. The van der Waals surface area contributed by atoms with Gasteiger partial charge in [-0.3, -0.25) is 4.79 Å². The van der Waals surface area contributed by atoms with Crippen LogP contribution in [0.3, 0.4) is 0 Å². The van der Waals surface area contributed by atoms with Crippen molar-refractivity contribution in [1.29, 1.82) is 0 Å². The minimum atomic E-state index is 0.159. The third-order valence-electron chi connectivity index (χ3n) is 4.12. The Balaban J connectivity index is 1.60. The summed E-state index contributed by atoms with van der Waals surface area (Å²) in [6.45, 7) is 3.76. The fraction of sp³-hybridized carbons (Fsp3) is 0.688. The summed E-state index contributed by atoms with van der Waals surface area (Å²) in [5, 5.41) is 2.98. The van der Waals surface area contributed by atoms with Crippen molar-refractivity contribution in [2.75, 3.05) is 20.1 Å². The Labute approximate surface area is 121 Å². The van der Waals surface area contributed by atoms with Crippen LogP contribution in [-0.2, 0) is 11.2 Å². The summed E-state index contributed by atoms with van der Waals surface area (Å²) >= 11 is 0. The maximum Gasteiger partial charge on any atom is 0.220 e. The van der Waals surface area contributed by atoms with E-state index in [1.807, 2.05) is 19.1 Å². The summed E-state index contributed by atoms with van der Waals surface area (Å²) in [6.07, 6.45) is 6.20. The minimum Gasteiger partial charge on any atom is -0.466 e. The molecule has 0 bridgehead atoms. The van der Waals surface area contributed by atoms with Crippen molar-refractivity contribution in [1.82, 2.24) is 10.2 Å². The molecule has 1 aliphatic heterocycles. The highest BCUT2D eigenvalue weighted by Gasteiger charge is 2.19. The van der Waals surface area contributed by atoms with E-state index in [4.69, 9.17) is 4.42 Å². The Hall–Kier alpha value is -1.29. The number of aryl methyl sites for hydroxylation is 1. The van der Waals surface area contributed by atoms with Crippen LogP contribution in [0.25, 0.3) is 0 Å². The molecule has 0 spiro atoms. The van der Waals surface area contributed by atoms with Crippen LogP contribution < -0.4 is 5.32 Å². The molecule has 1 aliphatic rings. The SMILES string of the molecule is Cc1ccc(CCNC(=O)CCC2CCCCN2C)o1. The van der Waals surface area contributed by atoms with Crippen LogP contribution >= 0.6 is 0 Å². The third kappa shape index (κ3) is 4.67. The lowest BCUT2D eigenvalue weighted by Gasteiger charge is -2.32. The molecule has 4 nitrogen and oxygen atoms in total. The number of hydrogen-bond donors (Lipinski definition) is 1. The second kappa shape index (κ2) is 7.48. The Morgan fingerprint density at radius 2 is 2.30 bits per heavy atom. The van der Waals surface area contributed by atoms with Crippen molar-refractivity contribution >= 4 is 5.91 Å². The van der Waals surface area contributed by atoms with E-state index in [2.05, 4.69) is 17.3 Å². The summed E-state index contributed by atoms with van der Waals surface area (Å²) in [5.41, 5.74) is 0. The van der Waals surface area contributed by atoms with E-state index in [0.717, 1.165) is 24.4 Å². The third-order valence-corrected chi connectivity index (χ3v) is 4.12. The molecular formula is C16H26N2O2. The first-order chi connectivity index (χ1) is 9.65. The zero-order valence-electron chi connectivity index (χ0n) is 12.7. The van der Waals surface area contributed by atoms with Gasteiger partial charge in [0.15, 0.2) is 0 Å². The van der Waals surface area contributed by atoms with Gasteiger partial charge in [0.2, 0.25) is 5.91 Å². The fourth-order valence-electron chi connectivity index (χ4n) is 2.84. The zero-order chi connectivity index (χ0) is 14.4. The van der Waals surface area contributed by atoms with E-state index >= 15 is 0 Å². The monoisotopic (exact) mass is 278 g/mol. The van der Waals surface area contributed by atoms with Gasteiger partial charge in [-0.25, -0.2) is 0 Å². The predicted molar refractivity (Wildman–Crippen MR) is 79.7 cm³/mol. The molecule has 1 aromatic rings. The Morgan fingerprint density at radius 1 is 1.45 bits per heavy atom. The number of nitrogens with one attached hydrogen (secondary N) is 1. The van der Waals surface area contributed by atoms with Crippen LogP contribution in [0, 0.1) is 6.92 Å². The number of carbonyl (C=O) groups excluding carboxylic acids is 1. The normalized spacial score (nSPS) is 20.0. The van der Waals surface area contributed by atoms with Crippen LogP contribution in [0.4, 0.5) is 0 Å². The van der Waals surface area contributed by atoms with Crippen molar-refractivity contribution in [2.24, 2.45) is 0 Å². The van der Waals surface area contributed by atoms with Gasteiger partial charge in [-0.15, -0.1) is 0 Å². The van der Waals surface area contributed by atoms with Crippen LogP contribution in [0.15, 0.2) is 16.5 Å². The molecule has 2 heterocycles. The summed E-state index contributed by atoms with van der Waals surface area (Å²) in [4.78, 5) is 14.2. The molecule has 1 atom stereocenters. The van der Waals surface area contributed by atoms with Gasteiger partial charge in [0.25, 0.3) is 0 Å². The average molecular weight is 278 g/mol. The van der Waals surface area contributed by atoms with Crippen LogP contribution in [0.5, 0.6) is 0 Å². The smallest absolute Gasteiger partial charge is 0.220 e. The van der Waals surface area contributed by atoms with Gasteiger partial charge in [-0.1, -0.05) is 6.42 Å². The number of rotatable bonds is 6. The number of likely N-dealkylation sites (tertiary alicyclic amines) is 1. The highest BCUT2D eigenvalue weighted by molar-refractivity contribution is 5.75. The minimum absolute atomic E-state index is 0.159. The lowest BCUT2D eigenvalue weighted by atomic mass is 9.98. The summed E-state index contributed by atoms with van der Waals surface area (Å²) < 4.78 is 5.48. The van der Waals surface area contributed by atoms with Crippen LogP contribution in [0.1, 0.15) is 43.6 Å². The first-order valence-corrected chi connectivity index (χ1v) is 7.67. The van der Waals surface area contributed by atoms with Gasteiger partial charge in [-0.2, -0.15) is 0 Å². The van der Waals surface area contributed by atoms with Crippen molar-refractivity contribution in [3.8, 4) is 0 Å². The number of amides is 1. The van der Waals surface area contributed by atoms with Crippen molar-refractivity contribution in [3.63, 3.8) is 0 Å². The van der Waals surface area contributed by atoms with E-state index in [-0.39, 0.29) is 5.91 Å². The van der Waals surface area contributed by atoms with E-state index in [1.165, 1.54) is 25.8 Å². The van der Waals surface area contributed by atoms with Gasteiger partial charge < -0.3 is 14.6 Å². The van der Waals surface area contributed by atoms with E-state index in [9.17, 15) is 4.79 Å². The van der Waals surface area contributed by atoms with Crippen molar-refractivity contribution < 1.29 is 9.21 Å². The lowest BCUT2D eigenvalue weighted by molar-refractivity contribution is -0.121. The highest BCUT2D eigenvalue weighted by Crippen LogP contribution is 2.18. The molecule has 0 aromatic carbocycles. The molecule has 1 aromatic heterocycles. The van der Waals surface area contributed by atoms with Crippen LogP contribution in [0.2, 0.25) is 0 Å². The molecule has 1 unspecified atom stereocenters. The zero-order valence-corrected chi connectivity index (χ0v) is 12.7. The van der Waals surface area contributed by atoms with Gasteiger partial charge in [0, 0.05) is 25.4 Å². The standard InChI is InChI=1S/C16H26N2O2/c1-13-6-8-15(20-13)10-11-17-16(19)9-7-14-5-3-4-12-18(14)2/h6,8,14H,3-5,7,9-12H2,1-2H3,(H,17,19). The largest absolute Gasteiger partial charge is 0.466 e. The number of hydrogen-bond acceptors (Lipinski definition) is 3. The summed E-state index contributed by atoms with van der Waals surface area (Å²) in [7, 11) is 2.17. The number of nitrogens with zero attached hydrogens (tertiary/aromatic N) is 1. The van der Waals surface area contributed by atoms with E-state index in [1.54, 1.807) is 0 Å². The number of carbonyl (C=O) groups is 1. The molecule has 20 heavy (non-hydrogen) atoms. The summed E-state index contributed by atoms with van der Waals surface area (Å²) in [6, 6.07) is 4.51. The topological polar surface area (TPSA) is 45.5 Å². The molecular weight excluding hydrogens is 252 g/mol.